The Balaban J connectivity index is 1.81. The molecular weight excluding hydrogens is 554 g/mol. The summed E-state index contributed by atoms with van der Waals surface area (Å²) in [5.74, 6) is -0.556. The monoisotopic (exact) mass is 573 g/mol. The lowest BCUT2D eigenvalue weighted by molar-refractivity contribution is 0.0936. The molecule has 0 atom stereocenters. The number of amides is 1. The molecule has 0 radical (unpaired) electrons. The third kappa shape index (κ3) is 4.58. The number of benzene rings is 2. The van der Waals surface area contributed by atoms with E-state index in [0.717, 1.165) is 35.7 Å². The first-order valence-electron chi connectivity index (χ1n) is 11.0. The average molecular weight is 575 g/mol. The van der Waals surface area contributed by atoms with Gasteiger partial charge in [0.2, 0.25) is 5.03 Å². The van der Waals surface area contributed by atoms with E-state index in [4.69, 9.17) is 16.7 Å². The Morgan fingerprint density at radius 1 is 1.09 bits per heavy atom. The molecule has 1 fully saturated rings. The zero-order chi connectivity index (χ0) is 24.7. The number of hydrogen-bond acceptors (Lipinski definition) is 5. The standard InChI is InChI=1S/C24H21BrClN5O3S/c25-19-8-4-3-7-17(19)18-13-28-22-20(23(32)29-16-5-1-2-6-16)24(35(27,33)34)30-31(22)21(18)14-9-11-15(26)12-10-14/h3-4,7-13,16H,1-2,5-6H2,(H,29,32)(H2,27,33,34). The predicted molar refractivity (Wildman–Crippen MR) is 138 cm³/mol. The molecule has 1 saturated carbocycles. The second kappa shape index (κ2) is 9.34. The number of primary sulfonamides is 1. The maximum absolute atomic E-state index is 13.3. The first kappa shape index (κ1) is 23.9. The molecule has 1 aliphatic carbocycles. The van der Waals surface area contributed by atoms with Crippen LogP contribution in [0.5, 0.6) is 0 Å². The molecule has 8 nitrogen and oxygen atoms in total. The van der Waals surface area contributed by atoms with E-state index in [0.29, 0.717) is 21.8 Å². The van der Waals surface area contributed by atoms with Gasteiger partial charge in [-0.1, -0.05) is 70.7 Å². The molecule has 1 amide bonds. The van der Waals surface area contributed by atoms with Crippen molar-refractivity contribution >= 4 is 49.1 Å². The predicted octanol–water partition coefficient (Wildman–Crippen LogP) is 4.80. The van der Waals surface area contributed by atoms with E-state index in [9.17, 15) is 13.2 Å². The highest BCUT2D eigenvalue weighted by atomic mass is 79.9. The van der Waals surface area contributed by atoms with E-state index in [2.05, 4.69) is 31.3 Å². The largest absolute Gasteiger partial charge is 0.349 e. The molecule has 5 rings (SSSR count). The number of fused-ring (bicyclic) bond motifs is 1. The number of nitrogens with one attached hydrogen (secondary N) is 1. The molecule has 2 aromatic carbocycles. The molecule has 2 heterocycles. The summed E-state index contributed by atoms with van der Waals surface area (Å²) in [5.41, 5.74) is 2.69. The molecule has 0 unspecified atom stereocenters. The second-order valence-electron chi connectivity index (χ2n) is 8.42. The fourth-order valence-electron chi connectivity index (χ4n) is 4.45. The first-order valence-corrected chi connectivity index (χ1v) is 13.7. The van der Waals surface area contributed by atoms with Gasteiger partial charge in [0, 0.05) is 32.9 Å². The summed E-state index contributed by atoms with van der Waals surface area (Å²) in [5, 5.41) is 12.8. The third-order valence-electron chi connectivity index (χ3n) is 6.08. The fraction of sp³-hybridized carbons (Fsp3) is 0.208. The van der Waals surface area contributed by atoms with Crippen LogP contribution in [-0.2, 0) is 10.0 Å². The van der Waals surface area contributed by atoms with Crippen LogP contribution in [0.25, 0.3) is 28.0 Å². The van der Waals surface area contributed by atoms with Gasteiger partial charge in [-0.05, 0) is 36.6 Å². The Morgan fingerprint density at radius 2 is 1.77 bits per heavy atom. The van der Waals surface area contributed by atoms with Crippen molar-refractivity contribution in [3.63, 3.8) is 0 Å². The summed E-state index contributed by atoms with van der Waals surface area (Å²) in [7, 11) is -4.33. The van der Waals surface area contributed by atoms with Crippen LogP contribution in [0.2, 0.25) is 5.02 Å². The van der Waals surface area contributed by atoms with Gasteiger partial charge in [0.15, 0.2) is 5.65 Å². The van der Waals surface area contributed by atoms with E-state index in [1.165, 1.54) is 4.52 Å². The number of carbonyl (C=O) groups is 1. The van der Waals surface area contributed by atoms with Crippen molar-refractivity contribution in [1.82, 2.24) is 19.9 Å². The van der Waals surface area contributed by atoms with Crippen molar-refractivity contribution < 1.29 is 13.2 Å². The zero-order valence-corrected chi connectivity index (χ0v) is 21.6. The van der Waals surface area contributed by atoms with Crippen molar-refractivity contribution in [3.8, 4) is 22.4 Å². The van der Waals surface area contributed by atoms with Crippen molar-refractivity contribution in [2.45, 2.75) is 36.8 Å². The van der Waals surface area contributed by atoms with Gasteiger partial charge in [-0.3, -0.25) is 4.79 Å². The summed E-state index contributed by atoms with van der Waals surface area (Å²) in [6, 6.07) is 14.6. The molecule has 2 aromatic heterocycles. The van der Waals surface area contributed by atoms with E-state index < -0.39 is 21.0 Å². The lowest BCUT2D eigenvalue weighted by Crippen LogP contribution is -2.33. The highest BCUT2D eigenvalue weighted by Crippen LogP contribution is 2.37. The fourth-order valence-corrected chi connectivity index (χ4v) is 5.74. The van der Waals surface area contributed by atoms with Crippen LogP contribution in [0.4, 0.5) is 0 Å². The highest BCUT2D eigenvalue weighted by molar-refractivity contribution is 9.10. The number of aromatic nitrogens is 3. The summed E-state index contributed by atoms with van der Waals surface area (Å²) in [6.45, 7) is 0. The minimum Gasteiger partial charge on any atom is -0.349 e. The van der Waals surface area contributed by atoms with Crippen LogP contribution in [0.1, 0.15) is 36.0 Å². The third-order valence-corrected chi connectivity index (χ3v) is 7.85. The maximum atomic E-state index is 13.3. The molecule has 4 aromatic rings. The van der Waals surface area contributed by atoms with Gasteiger partial charge in [-0.2, -0.15) is 5.10 Å². The van der Waals surface area contributed by atoms with Crippen LogP contribution in [-0.4, -0.2) is 35.0 Å². The van der Waals surface area contributed by atoms with E-state index in [1.807, 2.05) is 24.3 Å². The zero-order valence-electron chi connectivity index (χ0n) is 18.4. The molecule has 0 bridgehead atoms. The number of carbonyl (C=O) groups excluding carboxylic acids is 1. The molecule has 0 saturated heterocycles. The number of nitrogens with two attached hydrogens (primary N) is 1. The second-order valence-corrected chi connectivity index (χ2v) is 11.2. The van der Waals surface area contributed by atoms with E-state index in [-0.39, 0.29) is 17.3 Å². The van der Waals surface area contributed by atoms with Crippen LogP contribution in [0, 0.1) is 0 Å². The number of halogens is 2. The van der Waals surface area contributed by atoms with Crippen LogP contribution < -0.4 is 10.5 Å². The molecule has 0 aliphatic heterocycles. The van der Waals surface area contributed by atoms with E-state index in [1.54, 1.807) is 30.5 Å². The van der Waals surface area contributed by atoms with Gasteiger partial charge < -0.3 is 5.32 Å². The molecule has 35 heavy (non-hydrogen) atoms. The molecule has 0 spiro atoms. The first-order chi connectivity index (χ1) is 16.7. The Bertz CT molecular complexity index is 1550. The quantitative estimate of drug-likeness (QED) is 0.355. The van der Waals surface area contributed by atoms with E-state index >= 15 is 0 Å². The Hall–Kier alpha value is -2.79. The van der Waals surface area contributed by atoms with Gasteiger partial charge in [-0.25, -0.2) is 23.1 Å². The highest BCUT2D eigenvalue weighted by Gasteiger charge is 2.31. The maximum Gasteiger partial charge on any atom is 0.258 e. The van der Waals surface area contributed by atoms with Crippen molar-refractivity contribution in [1.29, 1.82) is 0 Å². The van der Waals surface area contributed by atoms with Crippen LogP contribution in [0.3, 0.4) is 0 Å². The number of nitrogens with zero attached hydrogens (tertiary/aromatic N) is 3. The molecule has 180 valence electrons. The SMILES string of the molecule is NS(=O)(=O)c1nn2c(-c3ccc(Cl)cc3)c(-c3ccccc3Br)cnc2c1C(=O)NC1CCCC1. The lowest BCUT2D eigenvalue weighted by atomic mass is 10.0. The summed E-state index contributed by atoms with van der Waals surface area (Å²) >= 11 is 9.70. The topological polar surface area (TPSA) is 119 Å². The van der Waals surface area contributed by atoms with Gasteiger partial charge in [0.05, 0.1) is 5.69 Å². The van der Waals surface area contributed by atoms with Gasteiger partial charge >= 0.3 is 0 Å². The van der Waals surface area contributed by atoms with Crippen LogP contribution >= 0.6 is 27.5 Å². The van der Waals surface area contributed by atoms with Crippen molar-refractivity contribution in [2.24, 2.45) is 5.14 Å². The minimum absolute atomic E-state index is 0.0268. The number of hydrogen-bond donors (Lipinski definition) is 2. The van der Waals surface area contributed by atoms with Crippen LogP contribution in [0.15, 0.2) is 64.2 Å². The normalized spacial score (nSPS) is 14.5. The van der Waals surface area contributed by atoms with Gasteiger partial charge in [-0.15, -0.1) is 0 Å². The molecule has 3 N–H and O–H groups in total. The number of rotatable bonds is 5. The number of sulfonamides is 1. The Kier molecular flexibility index (Phi) is 6.39. The smallest absolute Gasteiger partial charge is 0.258 e. The lowest BCUT2D eigenvalue weighted by Gasteiger charge is -2.14. The van der Waals surface area contributed by atoms with Crippen molar-refractivity contribution in [2.75, 3.05) is 0 Å². The Morgan fingerprint density at radius 3 is 2.43 bits per heavy atom. The van der Waals surface area contributed by atoms with Gasteiger partial charge in [0.25, 0.3) is 15.9 Å². The van der Waals surface area contributed by atoms with Gasteiger partial charge in [0.1, 0.15) is 5.56 Å². The summed E-state index contributed by atoms with van der Waals surface area (Å²) < 4.78 is 27.3. The average Bonchev–Trinajstić information content (AvgIpc) is 3.47. The summed E-state index contributed by atoms with van der Waals surface area (Å²) in [6.07, 6.45) is 5.31. The minimum atomic E-state index is -4.33. The van der Waals surface area contributed by atoms with Crippen molar-refractivity contribution in [3.05, 3.63) is 69.8 Å². The molecule has 11 heteroatoms. The molecular formula is C24H21BrClN5O3S. The molecule has 1 aliphatic rings. The summed E-state index contributed by atoms with van der Waals surface area (Å²) in [4.78, 5) is 17.8. The Labute approximate surface area is 215 Å².